The Morgan fingerprint density at radius 3 is 2.72 bits per heavy atom. The van der Waals surface area contributed by atoms with Crippen molar-refractivity contribution >= 4 is 27.6 Å². The maximum atomic E-state index is 11.2. The monoisotopic (exact) mass is 310 g/mol. The molecule has 1 aromatic rings. The van der Waals surface area contributed by atoms with Crippen LogP contribution in [0, 0.1) is 17.2 Å². The number of nitrogens with one attached hydrogen (secondary N) is 1. The van der Waals surface area contributed by atoms with E-state index in [1.807, 2.05) is 13.8 Å². The van der Waals surface area contributed by atoms with E-state index in [1.54, 1.807) is 18.2 Å². The molecule has 96 valence electrons. The average molecular weight is 311 g/mol. The van der Waals surface area contributed by atoms with E-state index in [9.17, 15) is 4.79 Å². The number of hydrogen-bond donors (Lipinski definition) is 2. The Balaban J connectivity index is 2.98. The van der Waals surface area contributed by atoms with Crippen molar-refractivity contribution < 1.29 is 9.90 Å². The second kappa shape index (κ2) is 6.41. The van der Waals surface area contributed by atoms with Gasteiger partial charge in [-0.15, -0.1) is 0 Å². The quantitative estimate of drug-likeness (QED) is 0.875. The summed E-state index contributed by atoms with van der Waals surface area (Å²) < 4.78 is 0.656. The van der Waals surface area contributed by atoms with Gasteiger partial charge >= 0.3 is 5.97 Å². The third kappa shape index (κ3) is 3.74. The molecule has 0 aliphatic rings. The lowest BCUT2D eigenvalue weighted by molar-refractivity contribution is -0.138. The van der Waals surface area contributed by atoms with Gasteiger partial charge in [0, 0.05) is 4.47 Å². The fourth-order valence-corrected chi connectivity index (χ4v) is 2.09. The number of aliphatic carboxylic acids is 1. The summed E-state index contributed by atoms with van der Waals surface area (Å²) in [5, 5.41) is 21.1. The van der Waals surface area contributed by atoms with Gasteiger partial charge in [0.1, 0.15) is 12.1 Å². The van der Waals surface area contributed by atoms with Crippen LogP contribution in [0.3, 0.4) is 0 Å². The Morgan fingerprint density at radius 1 is 1.56 bits per heavy atom. The second-order valence-corrected chi connectivity index (χ2v) is 5.29. The zero-order valence-electron chi connectivity index (χ0n) is 10.3. The van der Waals surface area contributed by atoms with Crippen LogP contribution in [0.2, 0.25) is 0 Å². The highest BCUT2D eigenvalue weighted by molar-refractivity contribution is 9.10. The van der Waals surface area contributed by atoms with Crippen LogP contribution in [0.5, 0.6) is 0 Å². The molecule has 1 atom stereocenters. The molecule has 2 N–H and O–H groups in total. The molecule has 1 aromatic carbocycles. The fourth-order valence-electron chi connectivity index (χ4n) is 1.64. The van der Waals surface area contributed by atoms with Crippen LogP contribution >= 0.6 is 15.9 Å². The van der Waals surface area contributed by atoms with E-state index in [0.29, 0.717) is 22.1 Å². The van der Waals surface area contributed by atoms with E-state index in [1.165, 1.54) is 0 Å². The Labute approximate surface area is 115 Å². The summed E-state index contributed by atoms with van der Waals surface area (Å²) in [7, 11) is 0. The minimum atomic E-state index is -0.910. The van der Waals surface area contributed by atoms with Crippen LogP contribution in [-0.4, -0.2) is 17.1 Å². The van der Waals surface area contributed by atoms with E-state index >= 15 is 0 Å². The van der Waals surface area contributed by atoms with Crippen molar-refractivity contribution in [1.82, 2.24) is 0 Å². The molecule has 0 aromatic heterocycles. The molecule has 18 heavy (non-hydrogen) atoms. The molecule has 0 fully saturated rings. The highest BCUT2D eigenvalue weighted by Gasteiger charge is 2.20. The third-order valence-corrected chi connectivity index (χ3v) is 3.12. The van der Waals surface area contributed by atoms with Gasteiger partial charge in [-0.2, -0.15) is 5.26 Å². The van der Waals surface area contributed by atoms with E-state index < -0.39 is 12.0 Å². The number of halogens is 1. The largest absolute Gasteiger partial charge is 0.480 e. The van der Waals surface area contributed by atoms with Crippen LogP contribution in [-0.2, 0) is 4.79 Å². The van der Waals surface area contributed by atoms with E-state index in [-0.39, 0.29) is 5.92 Å². The highest BCUT2D eigenvalue weighted by atomic mass is 79.9. The number of carboxylic acid groups (broad SMARTS) is 1. The predicted molar refractivity (Wildman–Crippen MR) is 73.4 cm³/mol. The number of benzene rings is 1. The number of nitrogens with zero attached hydrogens (tertiary/aromatic N) is 1. The number of anilines is 1. The zero-order valence-corrected chi connectivity index (χ0v) is 11.9. The van der Waals surface area contributed by atoms with Crippen LogP contribution in [0.25, 0.3) is 0 Å². The smallest absolute Gasteiger partial charge is 0.326 e. The molecule has 0 saturated heterocycles. The Hall–Kier alpha value is -1.54. The van der Waals surface area contributed by atoms with Crippen LogP contribution in [0.4, 0.5) is 5.69 Å². The van der Waals surface area contributed by atoms with Gasteiger partial charge in [0.25, 0.3) is 0 Å². The molecule has 4 nitrogen and oxygen atoms in total. The van der Waals surface area contributed by atoms with E-state index in [2.05, 4.69) is 27.3 Å². The summed E-state index contributed by atoms with van der Waals surface area (Å²) in [6, 6.07) is 6.60. The first-order valence-corrected chi connectivity index (χ1v) is 6.43. The summed E-state index contributed by atoms with van der Waals surface area (Å²) in [6.07, 6.45) is 0.507. The maximum absolute atomic E-state index is 11.2. The first kappa shape index (κ1) is 14.5. The molecular weight excluding hydrogens is 296 g/mol. The van der Waals surface area contributed by atoms with E-state index in [0.717, 1.165) is 0 Å². The SMILES string of the molecule is CC(C)CC(Nc1cccc(Br)c1C#N)C(=O)O. The van der Waals surface area contributed by atoms with Gasteiger partial charge in [-0.05, 0) is 40.4 Å². The molecule has 0 aliphatic carbocycles. The summed E-state index contributed by atoms with van der Waals surface area (Å²) in [5.74, 6) is -0.649. The molecule has 1 unspecified atom stereocenters. The standard InChI is InChI=1S/C13H15BrN2O2/c1-8(2)6-12(13(17)18)16-11-5-3-4-10(14)9(11)7-15/h3-5,8,12,16H,6H2,1-2H3,(H,17,18). The van der Waals surface area contributed by atoms with Gasteiger partial charge in [0.2, 0.25) is 0 Å². The molecule has 0 radical (unpaired) electrons. The second-order valence-electron chi connectivity index (χ2n) is 4.44. The van der Waals surface area contributed by atoms with Crippen LogP contribution in [0.15, 0.2) is 22.7 Å². The molecule has 0 aliphatic heterocycles. The predicted octanol–water partition coefficient (Wildman–Crippen LogP) is 3.23. The fraction of sp³-hybridized carbons (Fsp3) is 0.385. The minimum absolute atomic E-state index is 0.260. The first-order valence-electron chi connectivity index (χ1n) is 5.63. The Morgan fingerprint density at radius 2 is 2.22 bits per heavy atom. The van der Waals surface area contributed by atoms with Crippen molar-refractivity contribution in [2.75, 3.05) is 5.32 Å². The van der Waals surface area contributed by atoms with Crippen molar-refractivity contribution in [2.24, 2.45) is 5.92 Å². The molecule has 0 saturated carbocycles. The number of carbonyl (C=O) groups is 1. The first-order chi connectivity index (χ1) is 8.45. The van der Waals surface area contributed by atoms with Crippen LogP contribution < -0.4 is 5.32 Å². The average Bonchev–Trinajstić information content (AvgIpc) is 2.27. The van der Waals surface area contributed by atoms with Crippen molar-refractivity contribution in [3.63, 3.8) is 0 Å². The summed E-state index contributed by atoms with van der Waals surface area (Å²) in [6.45, 7) is 3.92. The number of carboxylic acids is 1. The molecule has 5 heteroatoms. The minimum Gasteiger partial charge on any atom is -0.480 e. The lowest BCUT2D eigenvalue weighted by Gasteiger charge is -2.18. The summed E-state index contributed by atoms with van der Waals surface area (Å²) >= 11 is 3.28. The van der Waals surface area contributed by atoms with Gasteiger partial charge in [-0.3, -0.25) is 0 Å². The van der Waals surface area contributed by atoms with Crippen molar-refractivity contribution in [1.29, 1.82) is 5.26 Å². The zero-order chi connectivity index (χ0) is 13.7. The molecule has 0 bridgehead atoms. The Bertz CT molecular complexity index is 480. The summed E-state index contributed by atoms with van der Waals surface area (Å²) in [4.78, 5) is 11.2. The van der Waals surface area contributed by atoms with Crippen molar-refractivity contribution in [3.8, 4) is 6.07 Å². The van der Waals surface area contributed by atoms with Gasteiger partial charge < -0.3 is 10.4 Å². The lowest BCUT2D eigenvalue weighted by Crippen LogP contribution is -2.31. The number of rotatable bonds is 5. The topological polar surface area (TPSA) is 73.1 Å². The summed E-state index contributed by atoms with van der Waals surface area (Å²) in [5.41, 5.74) is 0.965. The molecule has 0 amide bonds. The van der Waals surface area contributed by atoms with Gasteiger partial charge in [-0.25, -0.2) is 4.79 Å². The van der Waals surface area contributed by atoms with Crippen LogP contribution in [0.1, 0.15) is 25.8 Å². The maximum Gasteiger partial charge on any atom is 0.326 e. The molecule has 0 heterocycles. The van der Waals surface area contributed by atoms with Crippen molar-refractivity contribution in [3.05, 3.63) is 28.2 Å². The molecule has 0 spiro atoms. The van der Waals surface area contributed by atoms with Crippen molar-refractivity contribution in [2.45, 2.75) is 26.3 Å². The normalized spacial score (nSPS) is 11.9. The molecular formula is C13H15BrN2O2. The van der Waals surface area contributed by atoms with E-state index in [4.69, 9.17) is 10.4 Å². The molecule has 1 rings (SSSR count). The Kier molecular flexibility index (Phi) is 5.17. The van der Waals surface area contributed by atoms with Gasteiger partial charge in [0.15, 0.2) is 0 Å². The number of nitriles is 1. The number of hydrogen-bond acceptors (Lipinski definition) is 3. The lowest BCUT2D eigenvalue weighted by atomic mass is 10.0. The van der Waals surface area contributed by atoms with Gasteiger partial charge in [0.05, 0.1) is 11.3 Å². The van der Waals surface area contributed by atoms with Gasteiger partial charge in [-0.1, -0.05) is 19.9 Å². The highest BCUT2D eigenvalue weighted by Crippen LogP contribution is 2.25. The third-order valence-electron chi connectivity index (χ3n) is 2.46.